The van der Waals surface area contributed by atoms with Gasteiger partial charge in [-0.3, -0.25) is 37.3 Å². The first-order valence-corrected chi connectivity index (χ1v) is 42.0. The molecule has 3 N–H and O–H groups in total. The Morgan fingerprint density at radius 1 is 0.287 bits per heavy atom. The standard InChI is InChI=1S/C75H146O17P2/c1-7-9-11-13-15-17-19-20-21-22-23-29-35-41-47-53-59-74(79)91-70(63-86-73(78)58-52-46-40-34-28-25-24-27-31-37-43-49-55-67(3)4)65-89-93(81,82)87-61-69(76)62-88-94(83,84)90-66-71(64-85-72(77)57-51-45-39-33-26-18-16-14-12-10-8-2)92-75(80)60-54-48-42-36-30-32-38-44-50-56-68(5)6/h67-71,76H,7-66H2,1-6H3,(H,81,82)(H,83,84)/t69-,70-,71-/m1/s1. The molecule has 0 aromatic rings. The molecule has 0 aliphatic heterocycles. The maximum Gasteiger partial charge on any atom is 0.472 e. The van der Waals surface area contributed by atoms with Gasteiger partial charge in [0.15, 0.2) is 12.2 Å². The number of aliphatic hydroxyl groups is 1. The SMILES string of the molecule is CCCCCCCCCCCCCCCCCCC(=O)O[C@H](COC(=O)CCCCCCCCCCCCCCC(C)C)COP(=O)(O)OC[C@@H](O)COP(=O)(O)OC[C@@H](COC(=O)CCCCCCCCCCCCC)OC(=O)CCCCCCCCCCCC(C)C. The molecule has 0 radical (unpaired) electrons. The summed E-state index contributed by atoms with van der Waals surface area (Å²) < 4.78 is 68.5. The number of esters is 4. The van der Waals surface area contributed by atoms with Crippen LogP contribution in [0.5, 0.6) is 0 Å². The zero-order valence-corrected chi connectivity index (χ0v) is 63.1. The molecule has 0 rings (SSSR count). The van der Waals surface area contributed by atoms with Crippen molar-refractivity contribution in [2.45, 2.75) is 407 Å². The Morgan fingerprint density at radius 3 is 0.723 bits per heavy atom. The van der Waals surface area contributed by atoms with Gasteiger partial charge in [-0.15, -0.1) is 0 Å². The molecule has 2 unspecified atom stereocenters. The summed E-state index contributed by atoms with van der Waals surface area (Å²) in [5.41, 5.74) is 0. The fourth-order valence-electron chi connectivity index (χ4n) is 11.5. The number of ether oxygens (including phenoxy) is 4. The lowest BCUT2D eigenvalue weighted by molar-refractivity contribution is -0.161. The largest absolute Gasteiger partial charge is 0.472 e. The molecule has 0 amide bonds. The van der Waals surface area contributed by atoms with Crippen molar-refractivity contribution in [2.75, 3.05) is 39.6 Å². The van der Waals surface area contributed by atoms with E-state index in [2.05, 4.69) is 41.5 Å². The topological polar surface area (TPSA) is 237 Å². The molecule has 0 spiro atoms. The highest BCUT2D eigenvalue weighted by Gasteiger charge is 2.30. The normalized spacial score (nSPS) is 14.0. The number of carbonyl (C=O) groups excluding carboxylic acids is 4. The highest BCUT2D eigenvalue weighted by atomic mass is 31.2. The monoisotopic (exact) mass is 1380 g/mol. The van der Waals surface area contributed by atoms with Gasteiger partial charge < -0.3 is 33.8 Å². The lowest BCUT2D eigenvalue weighted by atomic mass is 10.0. The quantitative estimate of drug-likeness (QED) is 0.0222. The molecular formula is C75H146O17P2. The highest BCUT2D eigenvalue weighted by molar-refractivity contribution is 7.47. The summed E-state index contributed by atoms with van der Waals surface area (Å²) >= 11 is 0. The van der Waals surface area contributed by atoms with Crippen LogP contribution in [0, 0.1) is 11.8 Å². The lowest BCUT2D eigenvalue weighted by Crippen LogP contribution is -2.30. The van der Waals surface area contributed by atoms with Crippen LogP contribution in [-0.2, 0) is 65.4 Å². The maximum atomic E-state index is 13.1. The van der Waals surface area contributed by atoms with E-state index in [4.69, 9.17) is 37.0 Å². The van der Waals surface area contributed by atoms with Crippen molar-refractivity contribution in [3.05, 3.63) is 0 Å². The summed E-state index contributed by atoms with van der Waals surface area (Å²) in [6, 6.07) is 0. The zero-order valence-electron chi connectivity index (χ0n) is 61.3. The van der Waals surface area contributed by atoms with Gasteiger partial charge in [0.1, 0.15) is 19.3 Å². The van der Waals surface area contributed by atoms with Gasteiger partial charge in [0.25, 0.3) is 0 Å². The van der Waals surface area contributed by atoms with Crippen LogP contribution < -0.4 is 0 Å². The van der Waals surface area contributed by atoms with Crippen molar-refractivity contribution in [2.24, 2.45) is 11.8 Å². The minimum absolute atomic E-state index is 0.106. The summed E-state index contributed by atoms with van der Waals surface area (Å²) in [7, 11) is -9.91. The molecule has 5 atom stereocenters. The number of hydrogen-bond acceptors (Lipinski definition) is 15. The van der Waals surface area contributed by atoms with E-state index in [0.29, 0.717) is 25.7 Å². The molecule has 558 valence electrons. The van der Waals surface area contributed by atoms with Crippen LogP contribution in [0.3, 0.4) is 0 Å². The molecular weight excluding hydrogens is 1230 g/mol. The zero-order chi connectivity index (χ0) is 69.3. The number of phosphoric acid groups is 2. The molecule has 0 saturated heterocycles. The molecule has 0 heterocycles. The van der Waals surface area contributed by atoms with Crippen LogP contribution in [0.2, 0.25) is 0 Å². The molecule has 19 heteroatoms. The van der Waals surface area contributed by atoms with E-state index < -0.39 is 97.5 Å². The van der Waals surface area contributed by atoms with E-state index >= 15 is 0 Å². The highest BCUT2D eigenvalue weighted by Crippen LogP contribution is 2.45. The van der Waals surface area contributed by atoms with Crippen LogP contribution in [0.25, 0.3) is 0 Å². The van der Waals surface area contributed by atoms with Gasteiger partial charge in [0.2, 0.25) is 0 Å². The summed E-state index contributed by atoms with van der Waals surface area (Å²) in [5.74, 6) is -0.597. The van der Waals surface area contributed by atoms with Crippen LogP contribution in [0.15, 0.2) is 0 Å². The van der Waals surface area contributed by atoms with Crippen molar-refractivity contribution in [3.8, 4) is 0 Å². The number of unbranched alkanes of at least 4 members (excludes halogenated alkanes) is 44. The Hall–Kier alpha value is -1.94. The minimum atomic E-state index is -4.96. The van der Waals surface area contributed by atoms with E-state index in [-0.39, 0.29) is 25.7 Å². The van der Waals surface area contributed by atoms with Crippen LogP contribution in [0.1, 0.15) is 388 Å². The van der Waals surface area contributed by atoms with Gasteiger partial charge in [-0.25, -0.2) is 9.13 Å². The molecule has 0 aromatic carbocycles. The molecule has 17 nitrogen and oxygen atoms in total. The summed E-state index contributed by atoms with van der Waals surface area (Å²) in [6.45, 7) is 9.58. The second-order valence-electron chi connectivity index (χ2n) is 28.0. The fraction of sp³-hybridized carbons (Fsp3) is 0.947. The minimum Gasteiger partial charge on any atom is -0.462 e. The third-order valence-electron chi connectivity index (χ3n) is 17.5. The van der Waals surface area contributed by atoms with Gasteiger partial charge in [-0.2, -0.15) is 0 Å². The Kier molecular flexibility index (Phi) is 65.5. The predicted molar refractivity (Wildman–Crippen MR) is 381 cm³/mol. The number of aliphatic hydroxyl groups excluding tert-OH is 1. The summed E-state index contributed by atoms with van der Waals surface area (Å²) in [4.78, 5) is 72.8. The van der Waals surface area contributed by atoms with Crippen molar-refractivity contribution < 1.29 is 80.2 Å². The number of rotatable bonds is 74. The van der Waals surface area contributed by atoms with E-state index in [1.54, 1.807) is 0 Å². The van der Waals surface area contributed by atoms with E-state index in [0.717, 1.165) is 102 Å². The van der Waals surface area contributed by atoms with Crippen molar-refractivity contribution in [1.82, 2.24) is 0 Å². The first-order valence-electron chi connectivity index (χ1n) is 39.0. The van der Waals surface area contributed by atoms with E-state index in [1.165, 1.54) is 205 Å². The van der Waals surface area contributed by atoms with Crippen LogP contribution >= 0.6 is 15.6 Å². The van der Waals surface area contributed by atoms with Crippen LogP contribution in [0.4, 0.5) is 0 Å². The average molecular weight is 1380 g/mol. The van der Waals surface area contributed by atoms with Gasteiger partial charge in [0.05, 0.1) is 26.4 Å². The Labute approximate surface area is 575 Å². The van der Waals surface area contributed by atoms with Crippen molar-refractivity contribution >= 4 is 39.5 Å². The van der Waals surface area contributed by atoms with Gasteiger partial charge >= 0.3 is 39.5 Å². The van der Waals surface area contributed by atoms with Gasteiger partial charge in [-0.05, 0) is 37.5 Å². The predicted octanol–water partition coefficient (Wildman–Crippen LogP) is 21.9. The van der Waals surface area contributed by atoms with Gasteiger partial charge in [0, 0.05) is 25.7 Å². The number of carbonyl (C=O) groups is 4. The molecule has 0 saturated carbocycles. The molecule has 94 heavy (non-hydrogen) atoms. The Balaban J connectivity index is 5.25. The van der Waals surface area contributed by atoms with Crippen molar-refractivity contribution in [1.29, 1.82) is 0 Å². The summed E-state index contributed by atoms with van der Waals surface area (Å²) in [5, 5.41) is 10.6. The lowest BCUT2D eigenvalue weighted by Gasteiger charge is -2.21. The van der Waals surface area contributed by atoms with Gasteiger partial charge in [-0.1, -0.05) is 337 Å². The average Bonchev–Trinajstić information content (AvgIpc) is 2.05. The fourth-order valence-corrected chi connectivity index (χ4v) is 13.1. The maximum absolute atomic E-state index is 13.1. The second kappa shape index (κ2) is 66.9. The Bertz CT molecular complexity index is 1820. The Morgan fingerprint density at radius 2 is 0.489 bits per heavy atom. The smallest absolute Gasteiger partial charge is 0.462 e. The summed E-state index contributed by atoms with van der Waals surface area (Å²) in [6.07, 6.45) is 54.0. The second-order valence-corrected chi connectivity index (χ2v) is 30.9. The molecule has 0 fully saturated rings. The molecule has 0 aliphatic carbocycles. The van der Waals surface area contributed by atoms with E-state index in [9.17, 15) is 43.2 Å². The first-order chi connectivity index (χ1) is 45.4. The van der Waals surface area contributed by atoms with Crippen LogP contribution in [-0.4, -0.2) is 96.7 Å². The third-order valence-corrected chi connectivity index (χ3v) is 19.4. The number of phosphoric ester groups is 2. The first kappa shape index (κ1) is 92.1. The molecule has 0 aliphatic rings. The molecule has 0 bridgehead atoms. The third kappa shape index (κ3) is 68.6. The van der Waals surface area contributed by atoms with Crippen molar-refractivity contribution in [3.63, 3.8) is 0 Å². The molecule has 0 aromatic heterocycles. The number of hydrogen-bond donors (Lipinski definition) is 3. The van der Waals surface area contributed by atoms with E-state index in [1.807, 2.05) is 0 Å².